The van der Waals surface area contributed by atoms with Crippen LogP contribution in [0.4, 0.5) is 0 Å². The van der Waals surface area contributed by atoms with Crippen LogP contribution >= 0.6 is 0 Å². The van der Waals surface area contributed by atoms with Gasteiger partial charge in [0.25, 0.3) is 0 Å². The number of carboxylic acids is 1. The molecule has 0 amide bonds. The highest BCUT2D eigenvalue weighted by Crippen LogP contribution is 2.05. The lowest BCUT2D eigenvalue weighted by Gasteiger charge is -2.11. The summed E-state index contributed by atoms with van der Waals surface area (Å²) in [6.07, 6.45) is 4.54. The molecule has 1 aromatic heterocycles. The van der Waals surface area contributed by atoms with Crippen LogP contribution in [0, 0.1) is 0 Å². The summed E-state index contributed by atoms with van der Waals surface area (Å²) in [5.74, 6) is 4.37. The van der Waals surface area contributed by atoms with Crippen LogP contribution in [0.5, 0.6) is 0 Å². The maximum Gasteiger partial charge on any atom is 0.324 e. The number of hydrazine groups is 1. The predicted molar refractivity (Wildman–Crippen MR) is 54.9 cm³/mol. The molecule has 0 bridgehead atoms. The summed E-state index contributed by atoms with van der Waals surface area (Å²) in [5.41, 5.74) is 6.74. The van der Waals surface area contributed by atoms with Gasteiger partial charge in [-0.05, 0) is 12.1 Å². The molecule has 0 saturated heterocycles. The van der Waals surface area contributed by atoms with Crippen LogP contribution < -0.4 is 11.6 Å². The molecule has 1 heterocycles. The highest BCUT2D eigenvalue weighted by atomic mass is 16.4. The second-order valence-electron chi connectivity index (χ2n) is 2.89. The normalized spacial score (nSPS) is 11.1. The molecular formula is C9H12N4O2. The zero-order chi connectivity index (χ0) is 11.3. The second kappa shape index (κ2) is 4.97. The van der Waals surface area contributed by atoms with Crippen LogP contribution in [0.25, 0.3) is 5.70 Å². The van der Waals surface area contributed by atoms with Gasteiger partial charge in [-0.1, -0.05) is 0 Å². The molecule has 0 radical (unpaired) electrons. The Morgan fingerprint density at radius 2 is 2.40 bits per heavy atom. The number of rotatable bonds is 4. The average Bonchev–Trinajstić information content (AvgIpc) is 2.17. The standard InChI is InChI=1S/C9H12N4O2/c10-8(5-13(11)6-9(14)15)7-2-1-3-12-4-7/h1-5H,6,10-11H2,(H,14,15)/b8-5-. The van der Waals surface area contributed by atoms with Gasteiger partial charge in [0.05, 0.1) is 5.70 Å². The zero-order valence-electron chi connectivity index (χ0n) is 8.00. The van der Waals surface area contributed by atoms with E-state index in [0.717, 1.165) is 5.01 Å². The number of nitrogens with two attached hydrogens (primary N) is 2. The first-order valence-electron chi connectivity index (χ1n) is 4.20. The Balaban J connectivity index is 2.71. The smallest absolute Gasteiger partial charge is 0.324 e. The number of carboxylic acid groups (broad SMARTS) is 1. The fourth-order valence-corrected chi connectivity index (χ4v) is 0.989. The molecule has 15 heavy (non-hydrogen) atoms. The van der Waals surface area contributed by atoms with E-state index in [4.69, 9.17) is 16.7 Å². The fourth-order valence-electron chi connectivity index (χ4n) is 0.989. The lowest BCUT2D eigenvalue weighted by atomic mass is 10.2. The van der Waals surface area contributed by atoms with Gasteiger partial charge in [0, 0.05) is 24.2 Å². The van der Waals surface area contributed by atoms with E-state index in [2.05, 4.69) is 4.98 Å². The summed E-state index contributed by atoms with van der Waals surface area (Å²) in [7, 11) is 0. The molecule has 80 valence electrons. The lowest BCUT2D eigenvalue weighted by Crippen LogP contribution is -2.31. The van der Waals surface area contributed by atoms with Crippen LogP contribution in [0.2, 0.25) is 0 Å². The van der Waals surface area contributed by atoms with Crippen molar-refractivity contribution in [2.24, 2.45) is 11.6 Å². The summed E-state index contributed by atoms with van der Waals surface area (Å²) in [6, 6.07) is 3.49. The topological polar surface area (TPSA) is 105 Å². The molecule has 0 atom stereocenters. The Morgan fingerprint density at radius 3 is 2.93 bits per heavy atom. The van der Waals surface area contributed by atoms with Crippen molar-refractivity contribution in [3.63, 3.8) is 0 Å². The van der Waals surface area contributed by atoms with Crippen LogP contribution in [0.1, 0.15) is 5.56 Å². The average molecular weight is 208 g/mol. The van der Waals surface area contributed by atoms with Crippen molar-refractivity contribution in [1.82, 2.24) is 9.99 Å². The number of aromatic nitrogens is 1. The number of hydrogen-bond acceptors (Lipinski definition) is 5. The third-order valence-corrected chi connectivity index (χ3v) is 1.62. The first-order valence-corrected chi connectivity index (χ1v) is 4.20. The highest BCUT2D eigenvalue weighted by molar-refractivity contribution is 5.69. The molecule has 1 aromatic rings. The van der Waals surface area contributed by atoms with Crippen LogP contribution in [-0.2, 0) is 4.79 Å². The first-order chi connectivity index (χ1) is 7.09. The quantitative estimate of drug-likeness (QED) is 0.459. The molecule has 0 aromatic carbocycles. The van der Waals surface area contributed by atoms with Gasteiger partial charge in [-0.25, -0.2) is 5.84 Å². The second-order valence-corrected chi connectivity index (χ2v) is 2.89. The molecule has 5 N–H and O–H groups in total. The molecule has 0 spiro atoms. The van der Waals surface area contributed by atoms with Crippen molar-refractivity contribution in [2.75, 3.05) is 6.54 Å². The Morgan fingerprint density at radius 1 is 1.67 bits per heavy atom. The van der Waals surface area contributed by atoms with Gasteiger partial charge in [-0.15, -0.1) is 0 Å². The Hall–Kier alpha value is -2.08. The van der Waals surface area contributed by atoms with Crippen molar-refractivity contribution < 1.29 is 9.90 Å². The van der Waals surface area contributed by atoms with Gasteiger partial charge >= 0.3 is 5.97 Å². The Kier molecular flexibility index (Phi) is 3.64. The van der Waals surface area contributed by atoms with E-state index < -0.39 is 5.97 Å². The van der Waals surface area contributed by atoms with Crippen LogP contribution in [-0.4, -0.2) is 27.6 Å². The van der Waals surface area contributed by atoms with Crippen molar-refractivity contribution in [3.8, 4) is 0 Å². The van der Waals surface area contributed by atoms with Crippen LogP contribution in [0.15, 0.2) is 30.7 Å². The van der Waals surface area contributed by atoms with Gasteiger partial charge in [0.2, 0.25) is 0 Å². The van der Waals surface area contributed by atoms with E-state index in [-0.39, 0.29) is 6.54 Å². The summed E-state index contributed by atoms with van der Waals surface area (Å²) in [6.45, 7) is -0.305. The van der Waals surface area contributed by atoms with Gasteiger partial charge in [-0.2, -0.15) is 0 Å². The van der Waals surface area contributed by atoms with E-state index in [1.807, 2.05) is 0 Å². The van der Waals surface area contributed by atoms with E-state index in [9.17, 15) is 4.79 Å². The zero-order valence-corrected chi connectivity index (χ0v) is 8.00. The first kappa shape index (κ1) is 11.0. The monoisotopic (exact) mass is 208 g/mol. The van der Waals surface area contributed by atoms with Crippen LogP contribution in [0.3, 0.4) is 0 Å². The van der Waals surface area contributed by atoms with Gasteiger partial charge in [0.1, 0.15) is 6.54 Å². The van der Waals surface area contributed by atoms with Gasteiger partial charge in [0.15, 0.2) is 0 Å². The van der Waals surface area contributed by atoms with Gasteiger partial charge in [-0.3, -0.25) is 9.78 Å². The summed E-state index contributed by atoms with van der Waals surface area (Å²) in [5, 5.41) is 9.47. The fraction of sp³-hybridized carbons (Fsp3) is 0.111. The third-order valence-electron chi connectivity index (χ3n) is 1.62. The lowest BCUT2D eigenvalue weighted by molar-refractivity contribution is -0.137. The van der Waals surface area contributed by atoms with E-state index in [1.54, 1.807) is 24.5 Å². The highest BCUT2D eigenvalue weighted by Gasteiger charge is 2.02. The summed E-state index contributed by atoms with van der Waals surface area (Å²) < 4.78 is 0. The molecule has 6 heteroatoms. The molecule has 0 saturated carbocycles. The van der Waals surface area contributed by atoms with E-state index in [1.165, 1.54) is 6.20 Å². The molecule has 0 fully saturated rings. The number of carbonyl (C=O) groups is 1. The van der Waals surface area contributed by atoms with E-state index in [0.29, 0.717) is 11.3 Å². The maximum atomic E-state index is 10.3. The number of nitrogens with zero attached hydrogens (tertiary/aromatic N) is 2. The summed E-state index contributed by atoms with van der Waals surface area (Å²) in [4.78, 5) is 14.2. The molecule has 0 aliphatic heterocycles. The molecule has 6 nitrogen and oxygen atoms in total. The van der Waals surface area contributed by atoms with Gasteiger partial charge < -0.3 is 15.8 Å². The molecule has 0 aliphatic carbocycles. The number of hydrogen-bond donors (Lipinski definition) is 3. The minimum atomic E-state index is -1.02. The van der Waals surface area contributed by atoms with Crippen molar-refractivity contribution >= 4 is 11.7 Å². The van der Waals surface area contributed by atoms with Crippen molar-refractivity contribution in [3.05, 3.63) is 36.3 Å². The number of aliphatic carboxylic acids is 1. The minimum Gasteiger partial charge on any atom is -0.480 e. The molecule has 0 aliphatic rings. The minimum absolute atomic E-state index is 0.305. The van der Waals surface area contributed by atoms with E-state index >= 15 is 0 Å². The van der Waals surface area contributed by atoms with Crippen molar-refractivity contribution in [2.45, 2.75) is 0 Å². The predicted octanol–water partition coefficient (Wildman–Crippen LogP) is -0.401. The summed E-state index contributed by atoms with van der Waals surface area (Å²) >= 11 is 0. The number of pyridine rings is 1. The molecule has 1 rings (SSSR count). The largest absolute Gasteiger partial charge is 0.480 e. The third kappa shape index (κ3) is 3.65. The maximum absolute atomic E-state index is 10.3. The Bertz CT molecular complexity index is 364. The molecular weight excluding hydrogens is 196 g/mol. The molecule has 0 unspecified atom stereocenters. The SMILES string of the molecule is N/C(=C\N(N)CC(=O)O)c1cccnc1. The van der Waals surface area contributed by atoms with Crippen molar-refractivity contribution in [1.29, 1.82) is 0 Å². The Labute approximate surface area is 86.8 Å².